The quantitative estimate of drug-likeness (QED) is 0.556. The minimum atomic E-state index is -3.12. The van der Waals surface area contributed by atoms with Crippen LogP contribution in [0.15, 0.2) is 18.2 Å². The summed E-state index contributed by atoms with van der Waals surface area (Å²) in [6.07, 6.45) is -6.27. The number of aliphatic hydroxyl groups is 1. The highest BCUT2D eigenvalue weighted by atomic mass is 35.5. The van der Waals surface area contributed by atoms with E-state index >= 15 is 0 Å². The molecule has 0 spiro atoms. The molecular weight excluding hydrogens is 426 g/mol. The summed E-state index contributed by atoms with van der Waals surface area (Å²) in [6.45, 7) is 1.88. The first-order valence-corrected chi connectivity index (χ1v) is 9.69. The highest BCUT2D eigenvalue weighted by molar-refractivity contribution is 6.31. The average Bonchev–Trinajstić information content (AvgIpc) is 3.05. The number of aromatic nitrogens is 4. The van der Waals surface area contributed by atoms with Crippen LogP contribution in [0.4, 0.5) is 23.5 Å². The molecule has 2 aromatic heterocycles. The molecule has 3 heterocycles. The molecule has 0 radical (unpaired) electrons. The van der Waals surface area contributed by atoms with E-state index in [4.69, 9.17) is 11.6 Å². The van der Waals surface area contributed by atoms with Crippen molar-refractivity contribution in [1.82, 2.24) is 19.9 Å². The van der Waals surface area contributed by atoms with Crippen molar-refractivity contribution in [3.8, 4) is 0 Å². The largest absolute Gasteiger partial charge is 0.393 e. The van der Waals surface area contributed by atoms with Crippen molar-refractivity contribution in [2.24, 2.45) is 0 Å². The average molecular weight is 444 g/mol. The van der Waals surface area contributed by atoms with Gasteiger partial charge in [0.15, 0.2) is 0 Å². The van der Waals surface area contributed by atoms with E-state index < -0.39 is 36.6 Å². The van der Waals surface area contributed by atoms with Crippen LogP contribution in [-0.4, -0.2) is 37.7 Å². The zero-order valence-electron chi connectivity index (χ0n) is 15.8. The zero-order valence-corrected chi connectivity index (χ0v) is 16.5. The second-order valence-corrected chi connectivity index (χ2v) is 7.64. The molecule has 2 atom stereocenters. The number of nitrogens with one attached hydrogen (secondary N) is 1. The van der Waals surface area contributed by atoms with Crippen molar-refractivity contribution >= 4 is 28.5 Å². The molecule has 3 aromatic rings. The van der Waals surface area contributed by atoms with Gasteiger partial charge in [0.1, 0.15) is 0 Å². The monoisotopic (exact) mass is 443 g/mol. The van der Waals surface area contributed by atoms with Gasteiger partial charge in [-0.2, -0.15) is 9.97 Å². The predicted octanol–water partition coefficient (Wildman–Crippen LogP) is 4.76. The fourth-order valence-corrected chi connectivity index (χ4v) is 4.04. The van der Waals surface area contributed by atoms with E-state index in [1.165, 1.54) is 0 Å². The summed E-state index contributed by atoms with van der Waals surface area (Å²) in [5, 5.41) is 11.5. The van der Waals surface area contributed by atoms with Crippen LogP contribution in [0.25, 0.3) is 10.9 Å². The second kappa shape index (κ2) is 7.99. The molecule has 1 aliphatic rings. The summed E-state index contributed by atoms with van der Waals surface area (Å²) in [6, 6.07) is 4.86. The zero-order chi connectivity index (χ0) is 21.6. The Labute approximate surface area is 173 Å². The van der Waals surface area contributed by atoms with Crippen molar-refractivity contribution in [3.05, 3.63) is 46.1 Å². The van der Waals surface area contributed by atoms with Gasteiger partial charge in [-0.3, -0.25) is 0 Å². The Bertz CT molecular complexity index is 1050. The normalized spacial score (nSPS) is 17.8. The SMILES string of the molecule is C[C@@H](O)C[C@@H]1c2[nH]c3ccc(Cl)cc3c2CCN1c1nc(C(F)F)nc(C(F)F)n1. The fraction of sp³-hybridized carbons (Fsp3) is 0.421. The van der Waals surface area contributed by atoms with Gasteiger partial charge in [0.2, 0.25) is 17.6 Å². The molecule has 1 aromatic carbocycles. The molecule has 6 nitrogen and oxygen atoms in total. The predicted molar refractivity (Wildman–Crippen MR) is 103 cm³/mol. The summed E-state index contributed by atoms with van der Waals surface area (Å²) in [7, 11) is 0. The topological polar surface area (TPSA) is 77.9 Å². The third kappa shape index (κ3) is 3.81. The van der Waals surface area contributed by atoms with E-state index in [1.807, 2.05) is 12.1 Å². The maximum Gasteiger partial charge on any atom is 0.297 e. The summed E-state index contributed by atoms with van der Waals surface area (Å²) in [4.78, 5) is 15.5. The van der Waals surface area contributed by atoms with Crippen molar-refractivity contribution < 1.29 is 22.7 Å². The number of H-pyrrole nitrogens is 1. The molecule has 0 amide bonds. The van der Waals surface area contributed by atoms with Crippen molar-refractivity contribution in [3.63, 3.8) is 0 Å². The molecule has 0 saturated carbocycles. The molecular formula is C19H18ClF4N5O. The van der Waals surface area contributed by atoms with Crippen LogP contribution in [0.2, 0.25) is 5.02 Å². The number of rotatable bonds is 5. The van der Waals surface area contributed by atoms with Gasteiger partial charge in [0, 0.05) is 28.2 Å². The van der Waals surface area contributed by atoms with Gasteiger partial charge in [0.05, 0.1) is 12.1 Å². The minimum absolute atomic E-state index is 0.216. The summed E-state index contributed by atoms with van der Waals surface area (Å²) >= 11 is 6.12. The van der Waals surface area contributed by atoms with Crippen LogP contribution < -0.4 is 4.90 Å². The van der Waals surface area contributed by atoms with E-state index in [0.717, 1.165) is 22.2 Å². The number of benzene rings is 1. The van der Waals surface area contributed by atoms with E-state index in [0.29, 0.717) is 18.0 Å². The van der Waals surface area contributed by atoms with Crippen LogP contribution in [0, 0.1) is 0 Å². The highest BCUT2D eigenvalue weighted by Gasteiger charge is 2.34. The Morgan fingerprint density at radius 1 is 1.17 bits per heavy atom. The van der Waals surface area contributed by atoms with Gasteiger partial charge in [-0.25, -0.2) is 22.5 Å². The third-order valence-electron chi connectivity index (χ3n) is 5.08. The molecule has 0 fully saturated rings. The van der Waals surface area contributed by atoms with Crippen LogP contribution in [-0.2, 0) is 6.42 Å². The summed E-state index contributed by atoms with van der Waals surface area (Å²) in [5.41, 5.74) is 2.56. The molecule has 1 aliphatic heterocycles. The first-order chi connectivity index (χ1) is 14.2. The van der Waals surface area contributed by atoms with Gasteiger partial charge in [0.25, 0.3) is 12.9 Å². The number of alkyl halides is 4. The Kier molecular flexibility index (Phi) is 5.54. The van der Waals surface area contributed by atoms with E-state index in [9.17, 15) is 22.7 Å². The first kappa shape index (κ1) is 20.8. The van der Waals surface area contributed by atoms with Gasteiger partial charge >= 0.3 is 0 Å². The minimum Gasteiger partial charge on any atom is -0.393 e. The Balaban J connectivity index is 1.84. The van der Waals surface area contributed by atoms with E-state index in [1.54, 1.807) is 17.9 Å². The molecule has 2 N–H and O–H groups in total. The molecule has 0 unspecified atom stereocenters. The highest BCUT2D eigenvalue weighted by Crippen LogP contribution is 2.39. The van der Waals surface area contributed by atoms with Gasteiger partial charge in [-0.15, -0.1) is 0 Å². The second-order valence-electron chi connectivity index (χ2n) is 7.20. The van der Waals surface area contributed by atoms with Crippen LogP contribution in [0.5, 0.6) is 0 Å². The van der Waals surface area contributed by atoms with Gasteiger partial charge in [-0.1, -0.05) is 11.6 Å². The number of hydrogen-bond donors (Lipinski definition) is 2. The lowest BCUT2D eigenvalue weighted by atomic mass is 9.94. The summed E-state index contributed by atoms with van der Waals surface area (Å²) in [5.74, 6) is -2.26. The lowest BCUT2D eigenvalue weighted by molar-refractivity contribution is 0.125. The molecule has 160 valence electrons. The van der Waals surface area contributed by atoms with Crippen LogP contribution in [0.1, 0.15) is 55.1 Å². The number of anilines is 1. The number of fused-ring (bicyclic) bond motifs is 3. The van der Waals surface area contributed by atoms with Gasteiger partial charge in [-0.05, 0) is 43.5 Å². The molecule has 0 bridgehead atoms. The lowest BCUT2D eigenvalue weighted by Gasteiger charge is -2.36. The maximum absolute atomic E-state index is 13.2. The maximum atomic E-state index is 13.2. The van der Waals surface area contributed by atoms with Crippen LogP contribution >= 0.6 is 11.6 Å². The standard InChI is InChI=1S/C19H18ClF4N5O/c1-8(30)6-13-14-10(11-7-9(20)2-3-12(11)25-14)4-5-29(13)19-27-17(15(21)22)26-18(28-19)16(23)24/h2-3,7-8,13,15-16,25,30H,4-6H2,1H3/t8-,13-/m1/s1. The van der Waals surface area contributed by atoms with Crippen molar-refractivity contribution in [2.75, 3.05) is 11.4 Å². The lowest BCUT2D eigenvalue weighted by Crippen LogP contribution is -2.38. The Morgan fingerprint density at radius 3 is 2.43 bits per heavy atom. The number of hydrogen-bond acceptors (Lipinski definition) is 5. The van der Waals surface area contributed by atoms with E-state index in [2.05, 4.69) is 19.9 Å². The Hall–Kier alpha value is -2.46. The number of aliphatic hydroxyl groups excluding tert-OH is 1. The van der Waals surface area contributed by atoms with Crippen molar-refractivity contribution in [1.29, 1.82) is 0 Å². The molecule has 11 heteroatoms. The number of nitrogens with zero attached hydrogens (tertiary/aromatic N) is 4. The number of halogens is 5. The van der Waals surface area contributed by atoms with Crippen LogP contribution in [0.3, 0.4) is 0 Å². The smallest absolute Gasteiger partial charge is 0.297 e. The summed E-state index contributed by atoms with van der Waals surface area (Å²) < 4.78 is 52.8. The molecule has 30 heavy (non-hydrogen) atoms. The van der Waals surface area contributed by atoms with E-state index in [-0.39, 0.29) is 12.4 Å². The number of aromatic amines is 1. The third-order valence-corrected chi connectivity index (χ3v) is 5.32. The fourth-order valence-electron chi connectivity index (χ4n) is 3.87. The molecule has 0 aliphatic carbocycles. The van der Waals surface area contributed by atoms with Crippen molar-refractivity contribution in [2.45, 2.75) is 44.8 Å². The molecule has 4 rings (SSSR count). The molecule has 0 saturated heterocycles. The van der Waals surface area contributed by atoms with Gasteiger partial charge < -0.3 is 15.0 Å². The first-order valence-electron chi connectivity index (χ1n) is 9.31. The Morgan fingerprint density at radius 2 is 1.83 bits per heavy atom.